The van der Waals surface area contributed by atoms with Crippen LogP contribution in [-0.4, -0.2) is 19.9 Å². The molecule has 0 spiro atoms. The summed E-state index contributed by atoms with van der Waals surface area (Å²) in [6.45, 7) is 0. The van der Waals surface area contributed by atoms with Gasteiger partial charge >= 0.3 is 0 Å². The lowest BCUT2D eigenvalue weighted by Crippen LogP contribution is -1.91. The van der Waals surface area contributed by atoms with Crippen LogP contribution in [0.25, 0.3) is 132 Å². The Balaban J connectivity index is 0.856. The van der Waals surface area contributed by atoms with Crippen molar-refractivity contribution < 1.29 is 8.83 Å². The van der Waals surface area contributed by atoms with Gasteiger partial charge in [-0.15, -0.1) is 0 Å². The van der Waals surface area contributed by atoms with Gasteiger partial charge in [0.2, 0.25) is 0 Å². The van der Waals surface area contributed by atoms with Gasteiger partial charge in [-0.25, -0.2) is 9.97 Å². The smallest absolute Gasteiger partial charge is 0.144 e. The van der Waals surface area contributed by atoms with Crippen molar-refractivity contribution in [2.24, 2.45) is 0 Å². The minimum absolute atomic E-state index is 0.842. The highest BCUT2D eigenvalue weighted by Gasteiger charge is 2.17. The lowest BCUT2D eigenvalue weighted by Gasteiger charge is -2.10. The van der Waals surface area contributed by atoms with E-state index in [4.69, 9.17) is 28.8 Å². The van der Waals surface area contributed by atoms with Crippen LogP contribution in [0, 0.1) is 0 Å². The van der Waals surface area contributed by atoms with Crippen LogP contribution in [0.4, 0.5) is 0 Å². The molecule has 0 radical (unpaired) electrons. The lowest BCUT2D eigenvalue weighted by atomic mass is 9.98. The van der Waals surface area contributed by atoms with E-state index < -0.39 is 0 Å². The quantitative estimate of drug-likeness (QED) is 0.166. The molecule has 0 aliphatic heterocycles. The van der Waals surface area contributed by atoms with Crippen LogP contribution in [0.2, 0.25) is 0 Å². The van der Waals surface area contributed by atoms with Crippen molar-refractivity contribution in [2.75, 3.05) is 0 Å². The summed E-state index contributed by atoms with van der Waals surface area (Å²) in [4.78, 5) is 20.5. The number of para-hydroxylation sites is 4. The molecule has 7 aromatic carbocycles. The van der Waals surface area contributed by atoms with Gasteiger partial charge in [0.25, 0.3) is 0 Å². The fourth-order valence-electron chi connectivity index (χ4n) is 8.95. The van der Waals surface area contributed by atoms with Crippen molar-refractivity contribution in [3.8, 4) is 44.8 Å². The Morgan fingerprint density at radius 2 is 0.750 bits per heavy atom. The van der Waals surface area contributed by atoms with E-state index in [2.05, 4.69) is 133 Å². The molecule has 0 saturated heterocycles. The van der Waals surface area contributed by atoms with E-state index in [1.165, 1.54) is 0 Å². The SMILES string of the molecule is c1cc(-c2cnc3c(ccc4ccc(-c5cccc6c5oc5ccccc56)nc43)c2)cc(-c2cnc3c(ccc4ccc(-c5cccc6c5oc5ccccc56)nc43)c2)c1. The lowest BCUT2D eigenvalue weighted by molar-refractivity contribution is 0.669. The molecule has 6 heterocycles. The third-order valence-corrected chi connectivity index (χ3v) is 11.9. The van der Waals surface area contributed by atoms with Crippen molar-refractivity contribution in [3.05, 3.63) is 182 Å². The highest BCUT2D eigenvalue weighted by molar-refractivity contribution is 6.12. The molecule has 0 aliphatic carbocycles. The molecular weight excluding hydrogens is 737 g/mol. The summed E-state index contributed by atoms with van der Waals surface area (Å²) in [6, 6.07) is 58.7. The average Bonchev–Trinajstić information content (AvgIpc) is 3.90. The van der Waals surface area contributed by atoms with E-state index >= 15 is 0 Å². The number of pyridine rings is 4. The molecule has 13 aromatic rings. The van der Waals surface area contributed by atoms with E-state index in [1.807, 2.05) is 48.8 Å². The van der Waals surface area contributed by atoms with E-state index in [0.29, 0.717) is 0 Å². The van der Waals surface area contributed by atoms with Crippen molar-refractivity contribution in [1.82, 2.24) is 19.9 Å². The Bertz CT molecular complexity index is 3670. The molecule has 0 amide bonds. The number of nitrogens with zero attached hydrogens (tertiary/aromatic N) is 4. The van der Waals surface area contributed by atoms with E-state index in [9.17, 15) is 0 Å². The predicted octanol–water partition coefficient (Wildman–Crippen LogP) is 14.3. The molecule has 0 fully saturated rings. The molecule has 6 aromatic heterocycles. The van der Waals surface area contributed by atoms with Gasteiger partial charge in [-0.3, -0.25) is 9.97 Å². The molecule has 6 heteroatoms. The molecule has 0 N–H and O–H groups in total. The number of aromatic nitrogens is 4. The number of furan rings is 2. The summed E-state index contributed by atoms with van der Waals surface area (Å²) in [7, 11) is 0. The van der Waals surface area contributed by atoms with Crippen molar-refractivity contribution in [1.29, 1.82) is 0 Å². The monoisotopic (exact) mass is 766 g/mol. The molecule has 0 unspecified atom stereocenters. The van der Waals surface area contributed by atoms with Crippen LogP contribution >= 0.6 is 0 Å². The van der Waals surface area contributed by atoms with Crippen LogP contribution in [0.5, 0.6) is 0 Å². The minimum Gasteiger partial charge on any atom is -0.455 e. The summed E-state index contributed by atoms with van der Waals surface area (Å²) in [5.74, 6) is 0. The van der Waals surface area contributed by atoms with Crippen LogP contribution in [0.3, 0.4) is 0 Å². The van der Waals surface area contributed by atoms with Gasteiger partial charge in [-0.2, -0.15) is 0 Å². The van der Waals surface area contributed by atoms with Gasteiger partial charge in [-0.1, -0.05) is 115 Å². The topological polar surface area (TPSA) is 77.8 Å². The maximum atomic E-state index is 6.36. The molecule has 0 aliphatic rings. The minimum atomic E-state index is 0.842. The fraction of sp³-hybridized carbons (Fsp3) is 0. The van der Waals surface area contributed by atoms with Crippen molar-refractivity contribution in [3.63, 3.8) is 0 Å². The number of rotatable bonds is 4. The zero-order chi connectivity index (χ0) is 39.3. The second-order valence-electron chi connectivity index (χ2n) is 15.4. The molecule has 60 heavy (non-hydrogen) atoms. The first-order valence-corrected chi connectivity index (χ1v) is 20.0. The zero-order valence-electron chi connectivity index (χ0n) is 31.9. The van der Waals surface area contributed by atoms with Gasteiger partial charge in [0, 0.05) is 77.7 Å². The van der Waals surface area contributed by atoms with Crippen LogP contribution in [0.15, 0.2) is 191 Å². The zero-order valence-corrected chi connectivity index (χ0v) is 31.9. The molecule has 0 bridgehead atoms. The first-order chi connectivity index (χ1) is 29.7. The first-order valence-electron chi connectivity index (χ1n) is 20.0. The summed E-state index contributed by atoms with van der Waals surface area (Å²) in [5.41, 5.74) is 14.7. The van der Waals surface area contributed by atoms with Gasteiger partial charge in [0.1, 0.15) is 22.3 Å². The number of hydrogen-bond acceptors (Lipinski definition) is 6. The predicted molar refractivity (Wildman–Crippen MR) is 244 cm³/mol. The normalized spacial score (nSPS) is 12.0. The molecule has 278 valence electrons. The highest BCUT2D eigenvalue weighted by Crippen LogP contribution is 2.39. The van der Waals surface area contributed by atoms with Crippen LogP contribution < -0.4 is 0 Å². The third kappa shape index (κ3) is 5.01. The van der Waals surface area contributed by atoms with Gasteiger partial charge in [-0.05, 0) is 65.7 Å². The Morgan fingerprint density at radius 1 is 0.317 bits per heavy atom. The molecule has 13 rings (SSSR count). The Morgan fingerprint density at radius 3 is 1.27 bits per heavy atom. The molecule has 6 nitrogen and oxygen atoms in total. The van der Waals surface area contributed by atoms with E-state index in [0.717, 1.165) is 132 Å². The third-order valence-electron chi connectivity index (χ3n) is 11.9. The number of benzene rings is 7. The van der Waals surface area contributed by atoms with E-state index in [-0.39, 0.29) is 0 Å². The summed E-state index contributed by atoms with van der Waals surface area (Å²) in [6.07, 6.45) is 3.91. The standard InChI is InChI=1S/C54H30N4O2/c1-3-16-47-39(10-1)41-12-6-14-43(53(41)59-47)45-24-22-31-18-20-35-27-37(29-55-49(35)51(31)57-45)33-8-5-9-34(26-33)38-28-36-21-19-32-23-25-46(58-52(32)50(36)56-30-38)44-15-7-13-42-40-11-2-4-17-48(40)60-54(42)44/h1-30H. The summed E-state index contributed by atoms with van der Waals surface area (Å²) >= 11 is 0. The maximum Gasteiger partial charge on any atom is 0.144 e. The largest absolute Gasteiger partial charge is 0.455 e. The maximum absolute atomic E-state index is 6.36. The summed E-state index contributed by atoms with van der Waals surface area (Å²) in [5, 5.41) is 8.50. The fourth-order valence-corrected chi connectivity index (χ4v) is 8.95. The van der Waals surface area contributed by atoms with Gasteiger partial charge in [0.05, 0.1) is 33.5 Å². The van der Waals surface area contributed by atoms with Crippen molar-refractivity contribution >= 4 is 87.5 Å². The molecular formula is C54H30N4O2. The van der Waals surface area contributed by atoms with Gasteiger partial charge < -0.3 is 8.83 Å². The van der Waals surface area contributed by atoms with Crippen LogP contribution in [-0.2, 0) is 0 Å². The average molecular weight is 767 g/mol. The van der Waals surface area contributed by atoms with Gasteiger partial charge in [0.15, 0.2) is 0 Å². The Hall–Kier alpha value is -8.22. The molecule has 0 atom stereocenters. The summed E-state index contributed by atoms with van der Waals surface area (Å²) < 4.78 is 12.7. The number of hydrogen-bond donors (Lipinski definition) is 0. The van der Waals surface area contributed by atoms with E-state index in [1.54, 1.807) is 0 Å². The number of fused-ring (bicyclic) bond motifs is 12. The first kappa shape index (κ1) is 32.8. The second kappa shape index (κ2) is 12.6. The second-order valence-corrected chi connectivity index (χ2v) is 15.4. The Kier molecular flexibility index (Phi) is 6.91. The van der Waals surface area contributed by atoms with Crippen molar-refractivity contribution in [2.45, 2.75) is 0 Å². The Labute approximate surface area is 342 Å². The highest BCUT2D eigenvalue weighted by atomic mass is 16.3. The van der Waals surface area contributed by atoms with Crippen LogP contribution in [0.1, 0.15) is 0 Å². The molecule has 0 saturated carbocycles.